The van der Waals surface area contributed by atoms with Crippen LogP contribution in [0.25, 0.3) is 0 Å². The second kappa shape index (κ2) is 8.37. The van der Waals surface area contributed by atoms with Crippen LogP contribution in [0, 0.1) is 17.2 Å². The number of benzene rings is 1. The molecule has 0 saturated carbocycles. The fourth-order valence-corrected chi connectivity index (χ4v) is 4.55. The van der Waals surface area contributed by atoms with Crippen LogP contribution in [0.3, 0.4) is 0 Å². The van der Waals surface area contributed by atoms with Crippen molar-refractivity contribution in [2.75, 3.05) is 11.9 Å². The van der Waals surface area contributed by atoms with E-state index >= 15 is 0 Å². The van der Waals surface area contributed by atoms with Gasteiger partial charge in [0, 0.05) is 10.4 Å². The molecule has 5 heteroatoms. The van der Waals surface area contributed by atoms with Gasteiger partial charge in [0.05, 0.1) is 12.2 Å². The number of nitrogens with zero attached hydrogens (tertiary/aromatic N) is 1. The van der Waals surface area contributed by atoms with Crippen molar-refractivity contribution in [2.24, 2.45) is 5.92 Å². The fourth-order valence-electron chi connectivity index (χ4n) is 3.19. The van der Waals surface area contributed by atoms with E-state index in [1.807, 2.05) is 12.1 Å². The number of nitrogens with one attached hydrogen (secondary N) is 1. The highest BCUT2D eigenvalue weighted by molar-refractivity contribution is 7.16. The van der Waals surface area contributed by atoms with E-state index in [0.717, 1.165) is 37.7 Å². The highest BCUT2D eigenvalue weighted by atomic mass is 32.1. The molecule has 26 heavy (non-hydrogen) atoms. The van der Waals surface area contributed by atoms with Crippen LogP contribution in [0.2, 0.25) is 0 Å². The van der Waals surface area contributed by atoms with Crippen molar-refractivity contribution < 1.29 is 9.53 Å². The predicted molar refractivity (Wildman–Crippen MR) is 105 cm³/mol. The molecule has 2 aromatic rings. The Morgan fingerprint density at radius 3 is 3.08 bits per heavy atom. The molecule has 0 fully saturated rings. The molecule has 1 aromatic carbocycles. The number of rotatable bonds is 6. The Hall–Kier alpha value is -2.32. The van der Waals surface area contributed by atoms with Gasteiger partial charge in [-0.2, -0.15) is 5.26 Å². The van der Waals surface area contributed by atoms with Gasteiger partial charge < -0.3 is 10.1 Å². The molecule has 3 rings (SSSR count). The van der Waals surface area contributed by atoms with Crippen molar-refractivity contribution in [2.45, 2.75) is 46.0 Å². The molecule has 1 atom stereocenters. The first-order valence-electron chi connectivity index (χ1n) is 9.21. The van der Waals surface area contributed by atoms with Crippen LogP contribution < -0.4 is 10.1 Å². The zero-order valence-electron chi connectivity index (χ0n) is 15.3. The van der Waals surface area contributed by atoms with Gasteiger partial charge in [-0.3, -0.25) is 4.79 Å². The Kier molecular flexibility index (Phi) is 5.95. The summed E-state index contributed by atoms with van der Waals surface area (Å²) >= 11 is 1.55. The Morgan fingerprint density at radius 2 is 2.31 bits per heavy atom. The number of ether oxygens (including phenoxy) is 1. The summed E-state index contributed by atoms with van der Waals surface area (Å²) in [5.41, 5.74) is 2.31. The van der Waals surface area contributed by atoms with Crippen molar-refractivity contribution in [3.63, 3.8) is 0 Å². The van der Waals surface area contributed by atoms with Gasteiger partial charge in [0.25, 0.3) is 5.91 Å². The number of hydrogen-bond acceptors (Lipinski definition) is 4. The maximum atomic E-state index is 12.7. The highest BCUT2D eigenvalue weighted by Gasteiger charge is 2.24. The summed E-state index contributed by atoms with van der Waals surface area (Å²) in [6.07, 6.45) is 5.07. The van der Waals surface area contributed by atoms with E-state index in [9.17, 15) is 10.1 Å². The molecular formula is C21H24N2O2S. The zero-order chi connectivity index (χ0) is 18.5. The third kappa shape index (κ3) is 4.08. The summed E-state index contributed by atoms with van der Waals surface area (Å²) in [5.74, 6) is 1.13. The van der Waals surface area contributed by atoms with E-state index in [-0.39, 0.29) is 5.91 Å². The maximum Gasteiger partial charge on any atom is 0.256 e. The van der Waals surface area contributed by atoms with E-state index < -0.39 is 0 Å². The Labute approximate surface area is 158 Å². The minimum absolute atomic E-state index is 0.200. The van der Waals surface area contributed by atoms with Crippen LogP contribution in [-0.2, 0) is 12.8 Å². The second-order valence-electron chi connectivity index (χ2n) is 6.85. The summed E-state index contributed by atoms with van der Waals surface area (Å²) in [4.78, 5) is 13.9. The van der Waals surface area contributed by atoms with Gasteiger partial charge in [0.1, 0.15) is 16.8 Å². The van der Waals surface area contributed by atoms with E-state index in [0.29, 0.717) is 34.4 Å². The lowest BCUT2D eigenvalue weighted by Gasteiger charge is -2.17. The molecule has 1 aliphatic carbocycles. The summed E-state index contributed by atoms with van der Waals surface area (Å²) in [7, 11) is 0. The van der Waals surface area contributed by atoms with Crippen LogP contribution in [0.15, 0.2) is 24.3 Å². The minimum Gasteiger partial charge on any atom is -0.494 e. The molecule has 0 bridgehead atoms. The molecule has 1 heterocycles. The molecule has 0 aliphatic heterocycles. The number of carbonyl (C=O) groups excluding carboxylic acids is 1. The lowest BCUT2D eigenvalue weighted by molar-refractivity contribution is 0.102. The molecule has 1 aromatic heterocycles. The first-order valence-corrected chi connectivity index (χ1v) is 10.0. The van der Waals surface area contributed by atoms with Gasteiger partial charge in [-0.25, -0.2) is 0 Å². The number of anilines is 1. The Balaban J connectivity index is 1.76. The lowest BCUT2D eigenvalue weighted by atomic mass is 9.88. The third-order valence-electron chi connectivity index (χ3n) is 4.71. The SMILES string of the molecule is CCCCOc1cccc(C(=O)Nc2sc3c(c2C#N)CC[C@H](C)C3)c1. The minimum atomic E-state index is -0.200. The summed E-state index contributed by atoms with van der Waals surface area (Å²) in [5, 5.41) is 13.2. The maximum absolute atomic E-state index is 12.7. The Morgan fingerprint density at radius 1 is 1.46 bits per heavy atom. The summed E-state index contributed by atoms with van der Waals surface area (Å²) < 4.78 is 5.68. The molecule has 1 aliphatic rings. The van der Waals surface area contributed by atoms with Crippen molar-refractivity contribution in [3.05, 3.63) is 45.8 Å². The van der Waals surface area contributed by atoms with Crippen molar-refractivity contribution in [1.82, 2.24) is 0 Å². The molecule has 0 saturated heterocycles. The van der Waals surface area contributed by atoms with Crippen LogP contribution in [0.1, 0.15) is 59.5 Å². The number of amides is 1. The molecule has 0 unspecified atom stereocenters. The van der Waals surface area contributed by atoms with Crippen molar-refractivity contribution in [1.29, 1.82) is 5.26 Å². The molecule has 4 nitrogen and oxygen atoms in total. The highest BCUT2D eigenvalue weighted by Crippen LogP contribution is 2.39. The van der Waals surface area contributed by atoms with Crippen molar-refractivity contribution >= 4 is 22.2 Å². The molecule has 0 spiro atoms. The molecule has 136 valence electrons. The third-order valence-corrected chi connectivity index (χ3v) is 5.88. The molecular weight excluding hydrogens is 344 g/mol. The number of nitriles is 1. The van der Waals surface area contributed by atoms with Gasteiger partial charge in [0.2, 0.25) is 0 Å². The second-order valence-corrected chi connectivity index (χ2v) is 7.96. The number of fused-ring (bicyclic) bond motifs is 1. The van der Waals surface area contributed by atoms with Gasteiger partial charge in [-0.05, 0) is 55.4 Å². The van der Waals surface area contributed by atoms with Gasteiger partial charge in [0.15, 0.2) is 0 Å². The summed E-state index contributed by atoms with van der Waals surface area (Å²) in [6, 6.07) is 9.50. The number of thiophene rings is 1. The van der Waals surface area contributed by atoms with Crippen LogP contribution in [-0.4, -0.2) is 12.5 Å². The molecule has 0 radical (unpaired) electrons. The number of carbonyl (C=O) groups is 1. The largest absolute Gasteiger partial charge is 0.494 e. The normalized spacial score (nSPS) is 15.8. The average molecular weight is 369 g/mol. The van der Waals surface area contributed by atoms with E-state index in [4.69, 9.17) is 4.74 Å². The predicted octanol–water partition coefficient (Wildman–Crippen LogP) is 5.18. The van der Waals surface area contributed by atoms with Gasteiger partial charge >= 0.3 is 0 Å². The molecule has 1 N–H and O–H groups in total. The standard InChI is InChI=1S/C21H24N2O2S/c1-3-4-10-25-16-7-5-6-15(12-16)20(24)23-21-18(13-22)17-9-8-14(2)11-19(17)26-21/h5-7,12,14H,3-4,8-11H2,1-2H3,(H,23,24)/t14-/m0/s1. The van der Waals surface area contributed by atoms with Gasteiger partial charge in [-0.1, -0.05) is 26.3 Å². The van der Waals surface area contributed by atoms with Crippen molar-refractivity contribution in [3.8, 4) is 11.8 Å². The van der Waals surface area contributed by atoms with Crippen LogP contribution >= 0.6 is 11.3 Å². The topological polar surface area (TPSA) is 62.1 Å². The zero-order valence-corrected chi connectivity index (χ0v) is 16.1. The average Bonchev–Trinajstić information content (AvgIpc) is 2.98. The first-order chi connectivity index (χ1) is 12.6. The number of unbranched alkanes of at least 4 members (excludes halogenated alkanes) is 1. The van der Waals surface area contributed by atoms with Crippen LogP contribution in [0.5, 0.6) is 5.75 Å². The van der Waals surface area contributed by atoms with Crippen LogP contribution in [0.4, 0.5) is 5.00 Å². The first kappa shape index (κ1) is 18.5. The van der Waals surface area contributed by atoms with E-state index in [1.165, 1.54) is 4.88 Å². The monoisotopic (exact) mass is 368 g/mol. The Bertz CT molecular complexity index is 835. The summed E-state index contributed by atoms with van der Waals surface area (Å²) in [6.45, 7) is 4.99. The van der Waals surface area contributed by atoms with Gasteiger partial charge in [-0.15, -0.1) is 11.3 Å². The number of hydrogen-bond donors (Lipinski definition) is 1. The quantitative estimate of drug-likeness (QED) is 0.715. The van der Waals surface area contributed by atoms with E-state index in [1.54, 1.807) is 23.5 Å². The lowest BCUT2D eigenvalue weighted by Crippen LogP contribution is -2.12. The molecule has 1 amide bonds. The van der Waals surface area contributed by atoms with E-state index in [2.05, 4.69) is 25.2 Å². The fraction of sp³-hybridized carbons (Fsp3) is 0.429. The smallest absolute Gasteiger partial charge is 0.256 e.